The van der Waals surface area contributed by atoms with Crippen molar-refractivity contribution in [2.24, 2.45) is 11.8 Å². The van der Waals surface area contributed by atoms with Gasteiger partial charge < -0.3 is 5.32 Å². The zero-order chi connectivity index (χ0) is 11.7. The van der Waals surface area contributed by atoms with Crippen molar-refractivity contribution in [2.45, 2.75) is 20.3 Å². The highest BCUT2D eigenvalue weighted by molar-refractivity contribution is 5.98. The van der Waals surface area contributed by atoms with Crippen LogP contribution < -0.4 is 5.32 Å². The summed E-state index contributed by atoms with van der Waals surface area (Å²) in [6.45, 7) is 3.58. The van der Waals surface area contributed by atoms with Crippen LogP contribution in [0, 0.1) is 11.8 Å². The largest absolute Gasteiger partial charge is 0.326 e. The van der Waals surface area contributed by atoms with Gasteiger partial charge in [0, 0.05) is 17.2 Å². The first kappa shape index (κ1) is 10.9. The van der Waals surface area contributed by atoms with E-state index in [1.54, 1.807) is 24.3 Å². The van der Waals surface area contributed by atoms with E-state index < -0.39 is 0 Å². The molecule has 0 bridgehead atoms. The first-order valence-electron chi connectivity index (χ1n) is 5.50. The fourth-order valence-electron chi connectivity index (χ4n) is 1.74. The lowest BCUT2D eigenvalue weighted by Gasteiger charge is -2.05. The van der Waals surface area contributed by atoms with Crippen LogP contribution in [0.25, 0.3) is 0 Å². The third kappa shape index (κ3) is 2.30. The van der Waals surface area contributed by atoms with E-state index in [1.807, 2.05) is 0 Å². The maximum atomic E-state index is 11.7. The number of Topliss-reactive ketones (excluding diaryl/α,β-unsaturated/α-hetero) is 1. The minimum atomic E-state index is 0.0101. The van der Waals surface area contributed by atoms with E-state index in [0.29, 0.717) is 17.2 Å². The second kappa shape index (κ2) is 4.08. The monoisotopic (exact) mass is 217 g/mol. The number of amides is 1. The number of benzene rings is 1. The summed E-state index contributed by atoms with van der Waals surface area (Å²) in [4.78, 5) is 22.8. The zero-order valence-corrected chi connectivity index (χ0v) is 9.49. The van der Waals surface area contributed by atoms with Gasteiger partial charge in [-0.3, -0.25) is 9.59 Å². The molecule has 2 rings (SSSR count). The minimum absolute atomic E-state index is 0.0101. The Morgan fingerprint density at radius 3 is 2.62 bits per heavy atom. The molecule has 0 unspecified atom stereocenters. The number of anilines is 1. The van der Waals surface area contributed by atoms with Gasteiger partial charge in [0.1, 0.15) is 0 Å². The Morgan fingerprint density at radius 2 is 2.06 bits per heavy atom. The van der Waals surface area contributed by atoms with Gasteiger partial charge in [-0.25, -0.2) is 0 Å². The van der Waals surface area contributed by atoms with Crippen LogP contribution >= 0.6 is 0 Å². The predicted octanol–water partition coefficient (Wildman–Crippen LogP) is 2.48. The van der Waals surface area contributed by atoms with E-state index in [2.05, 4.69) is 12.2 Å². The molecule has 0 saturated heterocycles. The van der Waals surface area contributed by atoms with E-state index in [0.717, 1.165) is 6.42 Å². The topological polar surface area (TPSA) is 46.2 Å². The third-order valence-corrected chi connectivity index (χ3v) is 2.98. The Bertz CT molecular complexity index is 439. The van der Waals surface area contributed by atoms with Gasteiger partial charge in [-0.05, 0) is 31.4 Å². The van der Waals surface area contributed by atoms with Crippen molar-refractivity contribution in [3.63, 3.8) is 0 Å². The van der Waals surface area contributed by atoms with Crippen molar-refractivity contribution >= 4 is 17.4 Å². The summed E-state index contributed by atoms with van der Waals surface area (Å²) in [5.74, 6) is 0.723. The predicted molar refractivity (Wildman–Crippen MR) is 62.3 cm³/mol. The van der Waals surface area contributed by atoms with Crippen LogP contribution in [0.5, 0.6) is 0 Å². The van der Waals surface area contributed by atoms with Gasteiger partial charge in [-0.15, -0.1) is 0 Å². The number of nitrogens with one attached hydrogen (secondary N) is 1. The van der Waals surface area contributed by atoms with Gasteiger partial charge in [-0.2, -0.15) is 0 Å². The fraction of sp³-hybridized carbons (Fsp3) is 0.385. The average Bonchev–Trinajstić information content (AvgIpc) is 2.96. The lowest BCUT2D eigenvalue weighted by Crippen LogP contribution is -2.14. The summed E-state index contributed by atoms with van der Waals surface area (Å²) in [6.07, 6.45) is 0.970. The molecule has 1 saturated carbocycles. The molecule has 84 valence electrons. The maximum absolute atomic E-state index is 11.7. The molecule has 1 aliphatic rings. The van der Waals surface area contributed by atoms with Crippen LogP contribution in [-0.4, -0.2) is 11.7 Å². The van der Waals surface area contributed by atoms with Crippen molar-refractivity contribution in [3.8, 4) is 0 Å². The summed E-state index contributed by atoms with van der Waals surface area (Å²) in [6, 6.07) is 7.05. The number of carbonyl (C=O) groups is 2. The van der Waals surface area contributed by atoms with Gasteiger partial charge in [-0.1, -0.05) is 19.1 Å². The Kier molecular flexibility index (Phi) is 2.77. The Hall–Kier alpha value is -1.64. The smallest absolute Gasteiger partial charge is 0.227 e. The summed E-state index contributed by atoms with van der Waals surface area (Å²) >= 11 is 0. The fourth-order valence-corrected chi connectivity index (χ4v) is 1.74. The van der Waals surface area contributed by atoms with E-state index in [4.69, 9.17) is 0 Å². The highest BCUT2D eigenvalue weighted by Crippen LogP contribution is 2.38. The molecule has 0 aromatic heterocycles. The molecule has 0 heterocycles. The van der Waals surface area contributed by atoms with Crippen LogP contribution in [0.2, 0.25) is 0 Å². The molecule has 1 N–H and O–H groups in total. The molecule has 1 amide bonds. The Morgan fingerprint density at radius 1 is 1.38 bits per heavy atom. The van der Waals surface area contributed by atoms with Crippen LogP contribution in [0.1, 0.15) is 30.6 Å². The number of rotatable bonds is 3. The maximum Gasteiger partial charge on any atom is 0.227 e. The number of hydrogen-bond acceptors (Lipinski definition) is 2. The zero-order valence-electron chi connectivity index (χ0n) is 9.49. The molecule has 0 aliphatic heterocycles. The molecule has 1 aliphatic carbocycles. The molecule has 1 aromatic rings. The quantitative estimate of drug-likeness (QED) is 0.790. The lowest BCUT2D eigenvalue weighted by atomic mass is 10.1. The molecular formula is C13H15NO2. The molecule has 1 aromatic carbocycles. The summed E-state index contributed by atoms with van der Waals surface area (Å²) in [5.41, 5.74) is 1.33. The van der Waals surface area contributed by atoms with Crippen molar-refractivity contribution in [1.29, 1.82) is 0 Å². The molecule has 3 nitrogen and oxygen atoms in total. The normalized spacial score (nSPS) is 22.6. The summed E-state index contributed by atoms with van der Waals surface area (Å²) in [5, 5.41) is 2.84. The van der Waals surface area contributed by atoms with Gasteiger partial charge in [0.25, 0.3) is 0 Å². The number of carbonyl (C=O) groups excluding carboxylic acids is 2. The lowest BCUT2D eigenvalue weighted by molar-refractivity contribution is -0.117. The second-order valence-corrected chi connectivity index (χ2v) is 4.45. The van der Waals surface area contributed by atoms with E-state index >= 15 is 0 Å². The van der Waals surface area contributed by atoms with Crippen LogP contribution in [-0.2, 0) is 4.79 Å². The number of ketones is 1. The SMILES string of the molecule is CC(=O)c1cccc(NC(=O)[C@@H]2C[C@@H]2C)c1. The first-order valence-corrected chi connectivity index (χ1v) is 5.50. The van der Waals surface area contributed by atoms with Crippen LogP contribution in [0.4, 0.5) is 5.69 Å². The average molecular weight is 217 g/mol. The first-order chi connectivity index (χ1) is 7.58. The molecule has 1 fully saturated rings. The van der Waals surface area contributed by atoms with Crippen molar-refractivity contribution in [2.75, 3.05) is 5.32 Å². The standard InChI is InChI=1S/C13H15NO2/c1-8-6-12(8)13(16)14-11-5-3-4-10(7-11)9(2)15/h3-5,7-8,12H,6H2,1-2H3,(H,14,16)/t8-,12+/m0/s1. The molecule has 0 spiro atoms. The highest BCUT2D eigenvalue weighted by atomic mass is 16.2. The number of hydrogen-bond donors (Lipinski definition) is 1. The van der Waals surface area contributed by atoms with E-state index in [1.165, 1.54) is 6.92 Å². The molecule has 16 heavy (non-hydrogen) atoms. The van der Waals surface area contributed by atoms with Gasteiger partial charge in [0.2, 0.25) is 5.91 Å². The molecule has 0 radical (unpaired) electrons. The van der Waals surface area contributed by atoms with E-state index in [9.17, 15) is 9.59 Å². The molecule has 3 heteroatoms. The van der Waals surface area contributed by atoms with Gasteiger partial charge in [0.15, 0.2) is 5.78 Å². The molecule has 2 atom stereocenters. The van der Waals surface area contributed by atoms with E-state index in [-0.39, 0.29) is 17.6 Å². The van der Waals surface area contributed by atoms with Crippen LogP contribution in [0.3, 0.4) is 0 Å². The van der Waals surface area contributed by atoms with Crippen molar-refractivity contribution in [3.05, 3.63) is 29.8 Å². The second-order valence-electron chi connectivity index (χ2n) is 4.45. The third-order valence-electron chi connectivity index (χ3n) is 2.98. The van der Waals surface area contributed by atoms with Gasteiger partial charge >= 0.3 is 0 Å². The Labute approximate surface area is 94.9 Å². The Balaban J connectivity index is 2.06. The summed E-state index contributed by atoms with van der Waals surface area (Å²) in [7, 11) is 0. The minimum Gasteiger partial charge on any atom is -0.326 e. The van der Waals surface area contributed by atoms with Crippen molar-refractivity contribution in [1.82, 2.24) is 0 Å². The highest BCUT2D eigenvalue weighted by Gasteiger charge is 2.39. The van der Waals surface area contributed by atoms with Gasteiger partial charge in [0.05, 0.1) is 0 Å². The van der Waals surface area contributed by atoms with Crippen LogP contribution in [0.15, 0.2) is 24.3 Å². The van der Waals surface area contributed by atoms with Crippen molar-refractivity contribution < 1.29 is 9.59 Å². The summed E-state index contributed by atoms with van der Waals surface area (Å²) < 4.78 is 0. The molecular weight excluding hydrogens is 202 g/mol.